The molecule has 1 amide bonds. The summed E-state index contributed by atoms with van der Waals surface area (Å²) in [4.78, 5) is 24.9. The molecule has 1 saturated carbocycles. The van der Waals surface area contributed by atoms with E-state index >= 15 is 0 Å². The van der Waals surface area contributed by atoms with Crippen LogP contribution in [0.1, 0.15) is 31.2 Å². The van der Waals surface area contributed by atoms with Crippen molar-refractivity contribution in [3.05, 3.63) is 33.3 Å². The average molecular weight is 433 g/mol. The second-order valence-electron chi connectivity index (χ2n) is 6.43. The number of ether oxygens (including phenoxy) is 2. The summed E-state index contributed by atoms with van der Waals surface area (Å²) >= 11 is 9.53. The first kappa shape index (κ1) is 20.2. The standard InChI is InChI=1S/C18H23BrClNO4/c1-24-11-12-5-7-18(8-6-12,17(23)25-2)21-16(22)10-13-9-14(19)3-4-15(13)20/h3-4,9,12H,5-8,10-11H2,1-2H3,(H,21,22)/t12-,18-. The van der Waals surface area contributed by atoms with Crippen LogP contribution < -0.4 is 5.32 Å². The van der Waals surface area contributed by atoms with Gasteiger partial charge in [0.25, 0.3) is 0 Å². The van der Waals surface area contributed by atoms with Crippen molar-refractivity contribution in [1.82, 2.24) is 5.32 Å². The molecule has 0 bridgehead atoms. The first-order valence-electron chi connectivity index (χ1n) is 8.22. The van der Waals surface area contributed by atoms with E-state index in [4.69, 9.17) is 21.1 Å². The van der Waals surface area contributed by atoms with Crippen LogP contribution in [0.5, 0.6) is 0 Å². The Morgan fingerprint density at radius 2 is 2.00 bits per heavy atom. The smallest absolute Gasteiger partial charge is 0.331 e. The van der Waals surface area contributed by atoms with E-state index in [1.807, 2.05) is 12.1 Å². The Balaban J connectivity index is 2.08. The summed E-state index contributed by atoms with van der Waals surface area (Å²) in [6, 6.07) is 5.36. The molecule has 0 aromatic heterocycles. The molecule has 1 aliphatic rings. The molecule has 0 heterocycles. The van der Waals surface area contributed by atoms with E-state index in [9.17, 15) is 9.59 Å². The Labute approximate surface area is 161 Å². The molecule has 25 heavy (non-hydrogen) atoms. The maximum atomic E-state index is 12.6. The molecule has 1 aromatic carbocycles. The zero-order chi connectivity index (χ0) is 18.4. The number of carbonyl (C=O) groups excluding carboxylic acids is 2. The average Bonchev–Trinajstić information content (AvgIpc) is 2.59. The summed E-state index contributed by atoms with van der Waals surface area (Å²) in [5.41, 5.74) is -0.254. The van der Waals surface area contributed by atoms with Gasteiger partial charge in [0, 0.05) is 23.2 Å². The molecule has 0 aliphatic heterocycles. The van der Waals surface area contributed by atoms with Gasteiger partial charge >= 0.3 is 5.97 Å². The van der Waals surface area contributed by atoms with E-state index in [-0.39, 0.29) is 12.3 Å². The lowest BCUT2D eigenvalue weighted by Gasteiger charge is -2.38. The van der Waals surface area contributed by atoms with E-state index in [0.29, 0.717) is 36.0 Å². The zero-order valence-corrected chi connectivity index (χ0v) is 16.8. The lowest BCUT2D eigenvalue weighted by atomic mass is 9.76. The second-order valence-corrected chi connectivity index (χ2v) is 7.76. The quantitative estimate of drug-likeness (QED) is 0.699. The van der Waals surface area contributed by atoms with Crippen molar-refractivity contribution in [1.29, 1.82) is 0 Å². The molecule has 1 aromatic rings. The van der Waals surface area contributed by atoms with Gasteiger partial charge < -0.3 is 14.8 Å². The van der Waals surface area contributed by atoms with Gasteiger partial charge in [-0.2, -0.15) is 0 Å². The molecule has 1 N–H and O–H groups in total. The topological polar surface area (TPSA) is 64.6 Å². The maximum absolute atomic E-state index is 12.6. The van der Waals surface area contributed by atoms with Gasteiger partial charge in [-0.05, 0) is 55.4 Å². The largest absolute Gasteiger partial charge is 0.467 e. The molecule has 2 rings (SSSR count). The van der Waals surface area contributed by atoms with Crippen LogP contribution in [-0.2, 0) is 25.5 Å². The molecule has 138 valence electrons. The minimum absolute atomic E-state index is 0.110. The van der Waals surface area contributed by atoms with Crippen molar-refractivity contribution >= 4 is 39.4 Å². The highest BCUT2D eigenvalue weighted by molar-refractivity contribution is 9.10. The SMILES string of the molecule is COC[C@H]1CC[C@@](NC(=O)Cc2cc(Br)ccc2Cl)(C(=O)OC)CC1. The molecule has 5 nitrogen and oxygen atoms in total. The van der Waals surface area contributed by atoms with E-state index < -0.39 is 11.5 Å². The molecule has 1 aliphatic carbocycles. The summed E-state index contributed by atoms with van der Waals surface area (Å²) < 4.78 is 11.0. The van der Waals surface area contributed by atoms with E-state index in [1.54, 1.807) is 13.2 Å². The highest BCUT2D eigenvalue weighted by Crippen LogP contribution is 2.33. The van der Waals surface area contributed by atoms with E-state index in [2.05, 4.69) is 21.2 Å². The summed E-state index contributed by atoms with van der Waals surface area (Å²) in [6.45, 7) is 0.666. The molecule has 0 spiro atoms. The fourth-order valence-corrected chi connectivity index (χ4v) is 3.90. The lowest BCUT2D eigenvalue weighted by molar-refractivity contribution is -0.153. The Hall–Kier alpha value is -1.11. The van der Waals surface area contributed by atoms with Crippen molar-refractivity contribution in [2.24, 2.45) is 5.92 Å². The van der Waals surface area contributed by atoms with Crippen LogP contribution in [0.25, 0.3) is 0 Å². The molecule has 0 radical (unpaired) electrons. The second kappa shape index (κ2) is 9.01. The van der Waals surface area contributed by atoms with Crippen molar-refractivity contribution in [3.8, 4) is 0 Å². The number of halogens is 2. The number of hydrogen-bond donors (Lipinski definition) is 1. The summed E-state index contributed by atoms with van der Waals surface area (Å²) in [5.74, 6) is -0.230. The molecule has 1 fully saturated rings. The monoisotopic (exact) mass is 431 g/mol. The predicted molar refractivity (Wildman–Crippen MR) is 99.6 cm³/mol. The number of esters is 1. The highest BCUT2D eigenvalue weighted by Gasteiger charge is 2.44. The van der Waals surface area contributed by atoms with Crippen LogP contribution in [0.3, 0.4) is 0 Å². The number of hydrogen-bond acceptors (Lipinski definition) is 4. The molecule has 0 unspecified atom stereocenters. The first-order chi connectivity index (χ1) is 11.9. The highest BCUT2D eigenvalue weighted by atomic mass is 79.9. The van der Waals surface area contributed by atoms with Crippen LogP contribution >= 0.6 is 27.5 Å². The Morgan fingerprint density at radius 3 is 2.60 bits per heavy atom. The molecular weight excluding hydrogens is 410 g/mol. The fraction of sp³-hybridized carbons (Fsp3) is 0.556. The minimum Gasteiger partial charge on any atom is -0.467 e. The van der Waals surface area contributed by atoms with E-state index in [0.717, 1.165) is 17.3 Å². The number of nitrogens with one attached hydrogen (secondary N) is 1. The first-order valence-corrected chi connectivity index (χ1v) is 9.39. The number of rotatable bonds is 6. The number of amides is 1. The van der Waals surface area contributed by atoms with Crippen LogP contribution in [0, 0.1) is 5.92 Å². The van der Waals surface area contributed by atoms with Gasteiger partial charge in [0.15, 0.2) is 0 Å². The number of benzene rings is 1. The van der Waals surface area contributed by atoms with Gasteiger partial charge in [0.1, 0.15) is 5.54 Å². The van der Waals surface area contributed by atoms with Gasteiger partial charge in [-0.25, -0.2) is 4.79 Å². The minimum atomic E-state index is -0.964. The molecule has 0 saturated heterocycles. The molecular formula is C18H23BrClNO4. The third kappa shape index (κ3) is 5.19. The zero-order valence-electron chi connectivity index (χ0n) is 14.4. The van der Waals surface area contributed by atoms with E-state index in [1.165, 1.54) is 7.11 Å². The van der Waals surface area contributed by atoms with Crippen molar-refractivity contribution in [2.75, 3.05) is 20.8 Å². The Morgan fingerprint density at radius 1 is 1.32 bits per heavy atom. The fourth-order valence-electron chi connectivity index (χ4n) is 3.31. The Kier molecular flexibility index (Phi) is 7.28. The summed E-state index contributed by atoms with van der Waals surface area (Å²) in [6.07, 6.45) is 2.82. The predicted octanol–water partition coefficient (Wildman–Crippen LogP) is 3.51. The molecule has 0 atom stereocenters. The number of carbonyl (C=O) groups is 2. The number of methoxy groups -OCH3 is 2. The lowest BCUT2D eigenvalue weighted by Crippen LogP contribution is -2.57. The Bertz CT molecular complexity index is 630. The van der Waals surface area contributed by atoms with Gasteiger partial charge in [-0.15, -0.1) is 0 Å². The summed E-state index contributed by atoms with van der Waals surface area (Å²) in [5, 5.41) is 3.44. The van der Waals surface area contributed by atoms with Crippen LogP contribution in [-0.4, -0.2) is 38.2 Å². The summed E-state index contributed by atoms with van der Waals surface area (Å²) in [7, 11) is 3.02. The van der Waals surface area contributed by atoms with Gasteiger partial charge in [-0.3, -0.25) is 4.79 Å². The van der Waals surface area contributed by atoms with Crippen molar-refractivity contribution in [2.45, 2.75) is 37.6 Å². The van der Waals surface area contributed by atoms with Gasteiger partial charge in [-0.1, -0.05) is 27.5 Å². The molecule has 7 heteroatoms. The van der Waals surface area contributed by atoms with Gasteiger partial charge in [0.05, 0.1) is 13.5 Å². The van der Waals surface area contributed by atoms with Crippen molar-refractivity contribution in [3.63, 3.8) is 0 Å². The van der Waals surface area contributed by atoms with Crippen LogP contribution in [0.2, 0.25) is 5.02 Å². The third-order valence-corrected chi connectivity index (χ3v) is 5.54. The maximum Gasteiger partial charge on any atom is 0.331 e. The normalized spacial score (nSPS) is 23.1. The van der Waals surface area contributed by atoms with Gasteiger partial charge in [0.2, 0.25) is 5.91 Å². The van der Waals surface area contributed by atoms with Crippen LogP contribution in [0.4, 0.5) is 0 Å². The van der Waals surface area contributed by atoms with Crippen molar-refractivity contribution < 1.29 is 19.1 Å². The third-order valence-electron chi connectivity index (χ3n) is 4.67. The van der Waals surface area contributed by atoms with Crippen LogP contribution in [0.15, 0.2) is 22.7 Å².